The van der Waals surface area contributed by atoms with Crippen LogP contribution in [0, 0.1) is 0 Å². The molecule has 29 heavy (non-hydrogen) atoms. The Morgan fingerprint density at radius 1 is 1.38 bits per heavy atom. The molecule has 150 valence electrons. The summed E-state index contributed by atoms with van der Waals surface area (Å²) < 4.78 is 39.4. The normalized spacial score (nSPS) is 13.1. The van der Waals surface area contributed by atoms with Crippen molar-refractivity contribution in [1.82, 2.24) is 15.0 Å². The van der Waals surface area contributed by atoms with Gasteiger partial charge in [-0.3, -0.25) is 9.52 Å². The van der Waals surface area contributed by atoms with Crippen LogP contribution in [0.3, 0.4) is 0 Å². The van der Waals surface area contributed by atoms with Crippen LogP contribution in [0.4, 0.5) is 5.69 Å². The Morgan fingerprint density at radius 2 is 2.17 bits per heavy atom. The summed E-state index contributed by atoms with van der Waals surface area (Å²) in [6.45, 7) is -0.182. The van der Waals surface area contributed by atoms with Gasteiger partial charge >= 0.3 is 0 Å². The van der Waals surface area contributed by atoms with Crippen molar-refractivity contribution >= 4 is 45.2 Å². The highest BCUT2D eigenvalue weighted by Crippen LogP contribution is 2.48. The van der Waals surface area contributed by atoms with Gasteiger partial charge in [0.2, 0.25) is 12.5 Å². The molecule has 11 nitrogen and oxygen atoms in total. The molecule has 4 rings (SSSR count). The Bertz CT molecular complexity index is 1220. The van der Waals surface area contributed by atoms with Gasteiger partial charge in [-0.1, -0.05) is 11.3 Å². The van der Waals surface area contributed by atoms with E-state index in [4.69, 9.17) is 15.2 Å². The number of benzene rings is 1. The van der Waals surface area contributed by atoms with Crippen LogP contribution in [0.2, 0.25) is 0 Å². The molecule has 0 spiro atoms. The fourth-order valence-electron chi connectivity index (χ4n) is 2.57. The quantitative estimate of drug-likeness (QED) is 0.489. The SMILES string of the molecule is NC(=O)c1cnnn1/C=C/c1cc(NS(=O)(=O)c2cccs2)c2c(c1O)OCO2. The first-order valence-corrected chi connectivity index (χ1v) is 10.3. The second-order valence-corrected chi connectivity index (χ2v) is 8.57. The summed E-state index contributed by atoms with van der Waals surface area (Å²) in [6.07, 6.45) is 3.91. The zero-order chi connectivity index (χ0) is 20.6. The maximum atomic E-state index is 12.6. The number of fused-ring (bicyclic) bond motifs is 1. The number of nitrogens with one attached hydrogen (secondary N) is 1. The number of hydrogen-bond donors (Lipinski definition) is 3. The van der Waals surface area contributed by atoms with Crippen molar-refractivity contribution in [3.8, 4) is 17.2 Å². The largest absolute Gasteiger partial charge is 0.504 e. The van der Waals surface area contributed by atoms with Crippen molar-refractivity contribution in [2.45, 2.75) is 4.21 Å². The fraction of sp³-hybridized carbons (Fsp3) is 0.0625. The number of phenolic OH excluding ortho intramolecular Hbond substituents is 1. The molecule has 0 atom stereocenters. The molecular weight excluding hydrogens is 422 g/mol. The second kappa shape index (κ2) is 7.10. The minimum absolute atomic E-state index is 0.00950. The van der Waals surface area contributed by atoms with Crippen LogP contribution in [0.25, 0.3) is 12.3 Å². The van der Waals surface area contributed by atoms with E-state index in [-0.39, 0.29) is 45.2 Å². The van der Waals surface area contributed by atoms with Crippen LogP contribution in [-0.4, -0.2) is 41.2 Å². The summed E-state index contributed by atoms with van der Waals surface area (Å²) in [5.41, 5.74) is 5.53. The Labute approximate surface area is 168 Å². The van der Waals surface area contributed by atoms with E-state index >= 15 is 0 Å². The van der Waals surface area contributed by atoms with Gasteiger partial charge in [0.15, 0.2) is 17.2 Å². The van der Waals surface area contributed by atoms with Gasteiger partial charge in [-0.25, -0.2) is 13.1 Å². The molecule has 1 amide bonds. The lowest BCUT2D eigenvalue weighted by atomic mass is 10.1. The molecule has 4 N–H and O–H groups in total. The molecule has 13 heteroatoms. The number of rotatable bonds is 6. The topological polar surface area (TPSA) is 159 Å². The molecule has 0 radical (unpaired) electrons. The van der Waals surface area contributed by atoms with E-state index in [9.17, 15) is 18.3 Å². The first kappa shape index (κ1) is 18.8. The number of nitrogens with two attached hydrogens (primary N) is 1. The van der Waals surface area contributed by atoms with Crippen molar-refractivity contribution in [2.75, 3.05) is 11.5 Å². The molecule has 1 aromatic carbocycles. The summed E-state index contributed by atoms with van der Waals surface area (Å²) in [5.74, 6) is -0.948. The Hall–Kier alpha value is -3.58. The third-order valence-corrected chi connectivity index (χ3v) is 6.64. The van der Waals surface area contributed by atoms with Gasteiger partial charge in [0.25, 0.3) is 15.9 Å². The number of carbonyl (C=O) groups excluding carboxylic acids is 1. The number of sulfonamides is 1. The van der Waals surface area contributed by atoms with Gasteiger partial charge in [-0.2, -0.15) is 0 Å². The van der Waals surface area contributed by atoms with Crippen LogP contribution in [-0.2, 0) is 10.0 Å². The average molecular weight is 435 g/mol. The van der Waals surface area contributed by atoms with Gasteiger partial charge < -0.3 is 20.3 Å². The summed E-state index contributed by atoms with van der Waals surface area (Å²) in [6, 6.07) is 4.44. The maximum Gasteiger partial charge on any atom is 0.271 e. The van der Waals surface area contributed by atoms with E-state index in [2.05, 4.69) is 15.0 Å². The molecule has 0 saturated heterocycles. The first-order valence-electron chi connectivity index (χ1n) is 7.97. The van der Waals surface area contributed by atoms with E-state index < -0.39 is 15.9 Å². The first-order chi connectivity index (χ1) is 13.9. The predicted molar refractivity (Wildman–Crippen MR) is 103 cm³/mol. The third kappa shape index (κ3) is 3.48. The van der Waals surface area contributed by atoms with Gasteiger partial charge in [0.1, 0.15) is 4.21 Å². The van der Waals surface area contributed by atoms with Crippen LogP contribution < -0.4 is 19.9 Å². The number of aromatic hydroxyl groups is 1. The van der Waals surface area contributed by atoms with E-state index in [1.54, 1.807) is 11.4 Å². The lowest BCUT2D eigenvalue weighted by Gasteiger charge is -2.12. The van der Waals surface area contributed by atoms with Crippen molar-refractivity contribution in [1.29, 1.82) is 0 Å². The van der Waals surface area contributed by atoms with Crippen molar-refractivity contribution in [2.24, 2.45) is 5.73 Å². The molecule has 0 aliphatic carbocycles. The second-order valence-electron chi connectivity index (χ2n) is 5.71. The average Bonchev–Trinajstić information content (AvgIpc) is 3.43. The molecule has 0 unspecified atom stereocenters. The van der Waals surface area contributed by atoms with Crippen LogP contribution in [0.5, 0.6) is 17.2 Å². The molecule has 0 bridgehead atoms. The highest BCUT2D eigenvalue weighted by atomic mass is 32.2. The van der Waals surface area contributed by atoms with Crippen molar-refractivity contribution in [3.63, 3.8) is 0 Å². The van der Waals surface area contributed by atoms with E-state index in [1.165, 1.54) is 30.6 Å². The van der Waals surface area contributed by atoms with E-state index in [0.29, 0.717) is 0 Å². The highest BCUT2D eigenvalue weighted by Gasteiger charge is 2.27. The minimum atomic E-state index is -3.86. The summed E-state index contributed by atoms with van der Waals surface area (Å²) in [4.78, 5) is 11.4. The summed E-state index contributed by atoms with van der Waals surface area (Å²) in [7, 11) is -3.86. The number of ether oxygens (including phenoxy) is 2. The number of anilines is 1. The molecule has 3 heterocycles. The number of nitrogens with zero attached hydrogens (tertiary/aromatic N) is 3. The molecule has 2 aromatic heterocycles. The molecule has 3 aromatic rings. The lowest BCUT2D eigenvalue weighted by Crippen LogP contribution is -2.15. The summed E-state index contributed by atoms with van der Waals surface area (Å²) in [5, 5.41) is 19.4. The van der Waals surface area contributed by atoms with Crippen molar-refractivity contribution < 1.29 is 27.8 Å². The lowest BCUT2D eigenvalue weighted by molar-refractivity contribution is 0.0993. The van der Waals surface area contributed by atoms with E-state index in [0.717, 1.165) is 16.0 Å². The Kier molecular flexibility index (Phi) is 4.60. The molecule has 1 aliphatic rings. The predicted octanol–water partition coefficient (Wildman–Crippen LogP) is 1.30. The Balaban J connectivity index is 1.74. The van der Waals surface area contributed by atoms with Crippen molar-refractivity contribution in [3.05, 3.63) is 41.0 Å². The highest BCUT2D eigenvalue weighted by molar-refractivity contribution is 7.94. The van der Waals surface area contributed by atoms with Gasteiger partial charge in [0, 0.05) is 11.8 Å². The number of aromatic nitrogens is 3. The summed E-state index contributed by atoms with van der Waals surface area (Å²) >= 11 is 1.05. The van der Waals surface area contributed by atoms with Gasteiger partial charge in [0.05, 0.1) is 11.9 Å². The van der Waals surface area contributed by atoms with Crippen LogP contribution >= 0.6 is 11.3 Å². The zero-order valence-corrected chi connectivity index (χ0v) is 16.1. The number of phenols is 1. The van der Waals surface area contributed by atoms with Gasteiger partial charge in [-0.15, -0.1) is 16.4 Å². The molecule has 0 saturated carbocycles. The third-order valence-electron chi connectivity index (χ3n) is 3.87. The van der Waals surface area contributed by atoms with E-state index in [1.807, 2.05) is 0 Å². The maximum absolute atomic E-state index is 12.6. The molecular formula is C16H13N5O6S2. The van der Waals surface area contributed by atoms with Crippen LogP contribution in [0.15, 0.2) is 34.0 Å². The monoisotopic (exact) mass is 435 g/mol. The minimum Gasteiger partial charge on any atom is -0.504 e. The number of carbonyl (C=O) groups is 1. The zero-order valence-electron chi connectivity index (χ0n) is 14.5. The number of thiophene rings is 1. The van der Waals surface area contributed by atoms with Gasteiger partial charge in [-0.05, 0) is 23.6 Å². The standard InChI is InChI=1S/C16H13N5O6S2/c17-16(23)11-7-18-20-21(11)4-3-9-6-10(14-15(13(9)22)27-8-26-14)19-29(24,25)12-2-1-5-28-12/h1-7,19,22H,8H2,(H2,17,23)/b4-3+. The number of hydrogen-bond acceptors (Lipinski definition) is 9. The smallest absolute Gasteiger partial charge is 0.271 e. The molecule has 0 fully saturated rings. The number of amides is 1. The molecule has 1 aliphatic heterocycles. The Morgan fingerprint density at radius 3 is 2.90 bits per heavy atom. The fourth-order valence-corrected chi connectivity index (χ4v) is 4.62. The van der Waals surface area contributed by atoms with Crippen LogP contribution in [0.1, 0.15) is 16.1 Å². The number of primary amides is 1.